The number of hydrogen-bond acceptors (Lipinski definition) is 6. The maximum atomic E-state index is 13.5. The molecule has 0 spiro atoms. The van der Waals surface area contributed by atoms with Crippen LogP contribution in [0.4, 0.5) is 8.78 Å². The molecular weight excluding hydrogens is 548 g/mol. The minimum absolute atomic E-state index is 0.0254. The van der Waals surface area contributed by atoms with Crippen LogP contribution in [-0.2, 0) is 19.5 Å². The van der Waals surface area contributed by atoms with Crippen LogP contribution >= 0.6 is 0 Å². The van der Waals surface area contributed by atoms with Crippen molar-refractivity contribution in [1.82, 2.24) is 24.6 Å². The van der Waals surface area contributed by atoms with Gasteiger partial charge in [0.25, 0.3) is 5.56 Å². The smallest absolute Gasteiger partial charge is 0.277 e. The Morgan fingerprint density at radius 1 is 0.930 bits per heavy atom. The molecule has 216 valence electrons. The van der Waals surface area contributed by atoms with Gasteiger partial charge in [-0.15, -0.1) is 0 Å². The Morgan fingerprint density at radius 2 is 1.70 bits per heavy atom. The first-order valence-electron chi connectivity index (χ1n) is 13.8. The molecule has 0 fully saturated rings. The summed E-state index contributed by atoms with van der Waals surface area (Å²) >= 11 is 0. The van der Waals surface area contributed by atoms with Gasteiger partial charge in [0.1, 0.15) is 5.82 Å². The number of nitrogens with zero attached hydrogens (tertiary/aromatic N) is 5. The Kier molecular flexibility index (Phi) is 9.08. The number of Topliss-reactive ketones (excluding diaryl/α,β-unsaturated/α-hetero) is 1. The molecule has 0 radical (unpaired) electrons. The van der Waals surface area contributed by atoms with Gasteiger partial charge < -0.3 is 4.90 Å². The number of fused-ring (bicyclic) bond motifs is 1. The standard InChI is InChI=1S/C34H29F2N5O2/c1-40(2)21-25-9-7-24(8-10-25)19-33-37-20-27-17-23(12-14-31(27)39-33)5-3-4-6-32(42)28-15-16-38-41(34(28)43)22-26-11-13-29(35)30(36)18-26/h7-18,20H,4,6,19,21-22H2,1-2H3. The quantitative estimate of drug-likeness (QED) is 0.177. The highest BCUT2D eigenvalue weighted by Crippen LogP contribution is 2.16. The lowest BCUT2D eigenvalue weighted by Crippen LogP contribution is -2.28. The minimum atomic E-state index is -1.02. The topological polar surface area (TPSA) is 81.0 Å². The molecular formula is C34H29F2N5O2. The molecule has 0 atom stereocenters. The molecule has 0 N–H and O–H groups in total. The van der Waals surface area contributed by atoms with Gasteiger partial charge in [-0.05, 0) is 67.2 Å². The van der Waals surface area contributed by atoms with Crippen molar-refractivity contribution < 1.29 is 13.6 Å². The molecule has 7 nitrogen and oxygen atoms in total. The Labute approximate surface area is 247 Å². The lowest BCUT2D eigenvalue weighted by molar-refractivity contribution is 0.0982. The highest BCUT2D eigenvalue weighted by Gasteiger charge is 2.13. The van der Waals surface area contributed by atoms with Crippen LogP contribution in [0, 0.1) is 23.5 Å². The predicted octanol–water partition coefficient (Wildman–Crippen LogP) is 5.18. The summed E-state index contributed by atoms with van der Waals surface area (Å²) in [6, 6.07) is 18.9. The van der Waals surface area contributed by atoms with E-state index >= 15 is 0 Å². The van der Waals surface area contributed by atoms with Crippen LogP contribution in [0.2, 0.25) is 0 Å². The summed E-state index contributed by atoms with van der Waals surface area (Å²) in [6.07, 6.45) is 4.08. The van der Waals surface area contributed by atoms with Crippen LogP contribution in [-0.4, -0.2) is 44.5 Å². The van der Waals surface area contributed by atoms with E-state index in [-0.39, 0.29) is 30.7 Å². The first-order valence-corrected chi connectivity index (χ1v) is 13.8. The van der Waals surface area contributed by atoms with Gasteiger partial charge in [0.2, 0.25) is 0 Å². The number of hydrogen-bond donors (Lipinski definition) is 0. The second kappa shape index (κ2) is 13.3. The van der Waals surface area contributed by atoms with Gasteiger partial charge in [-0.25, -0.2) is 23.4 Å². The normalized spacial score (nSPS) is 11.0. The van der Waals surface area contributed by atoms with Gasteiger partial charge in [-0.2, -0.15) is 5.10 Å². The lowest BCUT2D eigenvalue weighted by Gasteiger charge is -2.10. The van der Waals surface area contributed by atoms with Crippen LogP contribution in [0.25, 0.3) is 10.9 Å². The molecule has 5 aromatic rings. The highest BCUT2D eigenvalue weighted by atomic mass is 19.2. The van der Waals surface area contributed by atoms with Crippen molar-refractivity contribution >= 4 is 16.7 Å². The number of carbonyl (C=O) groups excluding carboxylic acids is 1. The van der Waals surface area contributed by atoms with Crippen LogP contribution in [0.1, 0.15) is 51.3 Å². The first-order chi connectivity index (χ1) is 20.7. The SMILES string of the molecule is CN(C)Cc1ccc(Cc2ncc3cc(C#CCCC(=O)c4ccnn(Cc5ccc(F)c(F)c5)c4=O)ccc3n2)cc1. The van der Waals surface area contributed by atoms with Crippen molar-refractivity contribution in [2.24, 2.45) is 0 Å². The molecule has 5 rings (SSSR count). The number of rotatable bonds is 9. The molecule has 0 saturated carbocycles. The number of halogens is 2. The lowest BCUT2D eigenvalue weighted by atomic mass is 10.1. The van der Waals surface area contributed by atoms with E-state index < -0.39 is 17.2 Å². The largest absolute Gasteiger partial charge is 0.305 e. The third-order valence-corrected chi connectivity index (χ3v) is 6.75. The molecule has 0 saturated heterocycles. The van der Waals surface area contributed by atoms with Crippen LogP contribution < -0.4 is 5.56 Å². The van der Waals surface area contributed by atoms with E-state index in [4.69, 9.17) is 4.98 Å². The summed E-state index contributed by atoms with van der Waals surface area (Å²) in [6.45, 7) is 0.804. The fraction of sp³-hybridized carbons (Fsp3) is 0.206. The van der Waals surface area contributed by atoms with E-state index in [2.05, 4.69) is 51.1 Å². The number of carbonyl (C=O) groups is 1. The van der Waals surface area contributed by atoms with E-state index in [1.165, 1.54) is 23.9 Å². The molecule has 0 bridgehead atoms. The molecule has 0 amide bonds. The summed E-state index contributed by atoms with van der Waals surface area (Å²) in [5, 5.41) is 4.83. The highest BCUT2D eigenvalue weighted by molar-refractivity contribution is 5.95. The number of ketones is 1. The number of aromatic nitrogens is 4. The van der Waals surface area contributed by atoms with Gasteiger partial charge in [0.05, 0.1) is 17.6 Å². The fourth-order valence-corrected chi connectivity index (χ4v) is 4.61. The molecule has 0 aliphatic rings. The van der Waals surface area contributed by atoms with Gasteiger partial charge >= 0.3 is 0 Å². The van der Waals surface area contributed by atoms with E-state index in [0.29, 0.717) is 12.0 Å². The predicted molar refractivity (Wildman–Crippen MR) is 161 cm³/mol. The molecule has 3 aromatic carbocycles. The van der Waals surface area contributed by atoms with Crippen molar-refractivity contribution in [3.63, 3.8) is 0 Å². The molecule has 9 heteroatoms. The Balaban J connectivity index is 1.19. The second-order valence-corrected chi connectivity index (χ2v) is 10.5. The maximum Gasteiger partial charge on any atom is 0.277 e. The molecule has 0 aliphatic heterocycles. The van der Waals surface area contributed by atoms with Gasteiger partial charge in [-0.1, -0.05) is 42.2 Å². The Morgan fingerprint density at radius 3 is 2.47 bits per heavy atom. The zero-order chi connectivity index (χ0) is 30.3. The molecule has 2 heterocycles. The summed E-state index contributed by atoms with van der Waals surface area (Å²) in [5.41, 5.74) is 3.73. The zero-order valence-electron chi connectivity index (χ0n) is 23.8. The van der Waals surface area contributed by atoms with Crippen molar-refractivity contribution in [3.05, 3.63) is 135 Å². The Bertz CT molecular complexity index is 1910. The summed E-state index contributed by atoms with van der Waals surface area (Å²) in [4.78, 5) is 36.9. The van der Waals surface area contributed by atoms with Crippen molar-refractivity contribution in [2.75, 3.05) is 14.1 Å². The molecule has 2 aromatic heterocycles. The first kappa shape index (κ1) is 29.4. The van der Waals surface area contributed by atoms with Gasteiger partial charge in [0, 0.05) is 49.2 Å². The van der Waals surface area contributed by atoms with Crippen LogP contribution in [0.3, 0.4) is 0 Å². The fourth-order valence-electron chi connectivity index (χ4n) is 4.61. The monoisotopic (exact) mass is 577 g/mol. The van der Waals surface area contributed by atoms with Gasteiger partial charge in [-0.3, -0.25) is 9.59 Å². The van der Waals surface area contributed by atoms with E-state index in [9.17, 15) is 18.4 Å². The van der Waals surface area contributed by atoms with Crippen LogP contribution in [0.15, 0.2) is 83.9 Å². The van der Waals surface area contributed by atoms with E-state index in [1.54, 1.807) is 6.20 Å². The van der Waals surface area contributed by atoms with Crippen molar-refractivity contribution in [2.45, 2.75) is 32.4 Å². The molecule has 0 aliphatic carbocycles. The van der Waals surface area contributed by atoms with E-state index in [1.807, 2.05) is 32.3 Å². The molecule has 43 heavy (non-hydrogen) atoms. The van der Waals surface area contributed by atoms with E-state index in [0.717, 1.165) is 51.2 Å². The summed E-state index contributed by atoms with van der Waals surface area (Å²) < 4.78 is 27.8. The summed E-state index contributed by atoms with van der Waals surface area (Å²) in [5.74, 6) is 4.44. The van der Waals surface area contributed by atoms with Gasteiger partial charge in [0.15, 0.2) is 17.4 Å². The van der Waals surface area contributed by atoms with Crippen molar-refractivity contribution in [1.29, 1.82) is 0 Å². The summed E-state index contributed by atoms with van der Waals surface area (Å²) in [7, 11) is 4.09. The molecule has 0 unspecified atom stereocenters. The van der Waals surface area contributed by atoms with Crippen LogP contribution in [0.5, 0.6) is 0 Å². The average Bonchev–Trinajstić information content (AvgIpc) is 2.99. The minimum Gasteiger partial charge on any atom is -0.305 e. The third-order valence-electron chi connectivity index (χ3n) is 6.75. The average molecular weight is 578 g/mol. The number of benzene rings is 3. The third kappa shape index (κ3) is 7.61. The second-order valence-electron chi connectivity index (χ2n) is 10.5. The Hall–Kier alpha value is -5.07. The van der Waals surface area contributed by atoms with Crippen molar-refractivity contribution in [3.8, 4) is 11.8 Å². The maximum absolute atomic E-state index is 13.5. The zero-order valence-corrected chi connectivity index (χ0v) is 23.8.